The summed E-state index contributed by atoms with van der Waals surface area (Å²) in [5.41, 5.74) is 2.16. The summed E-state index contributed by atoms with van der Waals surface area (Å²) in [5.74, 6) is 0.208. The molecule has 144 valence electrons. The summed E-state index contributed by atoms with van der Waals surface area (Å²) in [6.07, 6.45) is 4.08. The molecule has 5 heteroatoms. The molecule has 4 rings (SSSR count). The Labute approximate surface area is 181 Å². The molecule has 0 N–H and O–H groups in total. The molecule has 0 radical (unpaired) electrons. The van der Waals surface area contributed by atoms with Crippen LogP contribution in [-0.2, 0) is 13.0 Å². The van der Waals surface area contributed by atoms with Crippen LogP contribution in [0.5, 0.6) is 0 Å². The summed E-state index contributed by atoms with van der Waals surface area (Å²) in [7, 11) is 0. The fourth-order valence-corrected chi connectivity index (χ4v) is 3.70. The molecule has 0 atom stereocenters. The van der Waals surface area contributed by atoms with Gasteiger partial charge in [0.1, 0.15) is 11.6 Å². The van der Waals surface area contributed by atoms with E-state index in [-0.39, 0.29) is 11.4 Å². The van der Waals surface area contributed by atoms with Gasteiger partial charge in [-0.3, -0.25) is 9.36 Å². The Morgan fingerprint density at radius 2 is 1.72 bits per heavy atom. The summed E-state index contributed by atoms with van der Waals surface area (Å²) < 4.78 is 16.7. The molecule has 0 aliphatic carbocycles. The van der Waals surface area contributed by atoms with Crippen LogP contribution in [0.3, 0.4) is 0 Å². The van der Waals surface area contributed by atoms with Gasteiger partial charge in [0.05, 0.1) is 10.9 Å². The van der Waals surface area contributed by atoms with Crippen LogP contribution in [0.1, 0.15) is 17.0 Å². The molecular weight excluding hydrogens is 478 g/mol. The molecule has 0 spiro atoms. The predicted octanol–water partition coefficient (Wildman–Crippen LogP) is 5.55. The average Bonchev–Trinajstić information content (AvgIpc) is 2.74. The molecule has 0 unspecified atom stereocenters. The van der Waals surface area contributed by atoms with Crippen molar-refractivity contribution in [1.29, 1.82) is 0 Å². The lowest BCUT2D eigenvalue weighted by Crippen LogP contribution is -2.25. The highest BCUT2D eigenvalue weighted by Crippen LogP contribution is 2.16. The van der Waals surface area contributed by atoms with Crippen LogP contribution < -0.4 is 5.56 Å². The number of aromatic nitrogens is 2. The van der Waals surface area contributed by atoms with E-state index in [1.54, 1.807) is 34.9 Å². The number of benzene rings is 3. The minimum atomic E-state index is -0.308. The first-order valence-corrected chi connectivity index (χ1v) is 10.4. The van der Waals surface area contributed by atoms with Gasteiger partial charge in [0.15, 0.2) is 0 Å². The SMILES string of the molecule is O=c1c2cc(I)ccc2nc(C=Cc2ccccc2F)n1CCc1ccccc1. The zero-order valence-electron chi connectivity index (χ0n) is 15.6. The quantitative estimate of drug-likeness (QED) is 0.340. The first-order chi connectivity index (χ1) is 14.1. The molecule has 3 nitrogen and oxygen atoms in total. The smallest absolute Gasteiger partial charge is 0.261 e. The Balaban J connectivity index is 1.79. The monoisotopic (exact) mass is 496 g/mol. The van der Waals surface area contributed by atoms with Crippen molar-refractivity contribution in [1.82, 2.24) is 9.55 Å². The predicted molar refractivity (Wildman–Crippen MR) is 124 cm³/mol. The first-order valence-electron chi connectivity index (χ1n) is 9.28. The van der Waals surface area contributed by atoms with Crippen molar-refractivity contribution >= 4 is 45.6 Å². The topological polar surface area (TPSA) is 34.9 Å². The van der Waals surface area contributed by atoms with E-state index in [9.17, 15) is 9.18 Å². The number of halogens is 2. The highest BCUT2D eigenvalue weighted by molar-refractivity contribution is 14.1. The molecular formula is C24H18FIN2O. The van der Waals surface area contributed by atoms with Gasteiger partial charge in [-0.2, -0.15) is 0 Å². The van der Waals surface area contributed by atoms with Gasteiger partial charge in [0.25, 0.3) is 5.56 Å². The number of hydrogen-bond acceptors (Lipinski definition) is 2. The summed E-state index contributed by atoms with van der Waals surface area (Å²) in [6.45, 7) is 0.494. The normalized spacial score (nSPS) is 11.4. The summed E-state index contributed by atoms with van der Waals surface area (Å²) in [4.78, 5) is 17.9. The zero-order chi connectivity index (χ0) is 20.2. The van der Waals surface area contributed by atoms with E-state index in [0.717, 1.165) is 9.13 Å². The molecule has 0 fully saturated rings. The summed E-state index contributed by atoms with van der Waals surface area (Å²) in [5, 5.41) is 0.591. The van der Waals surface area contributed by atoms with Crippen LogP contribution in [-0.4, -0.2) is 9.55 Å². The van der Waals surface area contributed by atoms with Crippen LogP contribution in [0, 0.1) is 9.39 Å². The lowest BCUT2D eigenvalue weighted by atomic mass is 10.1. The van der Waals surface area contributed by atoms with E-state index >= 15 is 0 Å². The van der Waals surface area contributed by atoms with Gasteiger partial charge >= 0.3 is 0 Å². The standard InChI is InChI=1S/C24H18FIN2O/c25-21-9-5-4-8-18(21)10-13-23-27-22-12-11-19(26)16-20(22)24(29)28(23)15-14-17-6-2-1-3-7-17/h1-13,16H,14-15H2. The van der Waals surface area contributed by atoms with E-state index in [1.165, 1.54) is 6.07 Å². The molecule has 29 heavy (non-hydrogen) atoms. The fraction of sp³-hybridized carbons (Fsp3) is 0.0833. The van der Waals surface area contributed by atoms with E-state index < -0.39 is 0 Å². The maximum Gasteiger partial charge on any atom is 0.261 e. The molecule has 0 bridgehead atoms. The Hall–Kier alpha value is -2.80. The zero-order valence-corrected chi connectivity index (χ0v) is 17.7. The van der Waals surface area contributed by atoms with Gasteiger partial charge in [0, 0.05) is 15.7 Å². The van der Waals surface area contributed by atoms with Gasteiger partial charge in [-0.25, -0.2) is 9.37 Å². The highest BCUT2D eigenvalue weighted by atomic mass is 127. The van der Waals surface area contributed by atoms with E-state index in [1.807, 2.05) is 48.5 Å². The maximum absolute atomic E-state index is 14.0. The third-order valence-electron chi connectivity index (χ3n) is 4.73. The molecule has 0 saturated heterocycles. The van der Waals surface area contributed by atoms with Gasteiger partial charge in [-0.1, -0.05) is 48.5 Å². The van der Waals surface area contributed by atoms with Crippen molar-refractivity contribution in [2.45, 2.75) is 13.0 Å². The molecule has 1 heterocycles. The van der Waals surface area contributed by atoms with Crippen LogP contribution in [0.15, 0.2) is 77.6 Å². The van der Waals surface area contributed by atoms with E-state index in [2.05, 4.69) is 27.6 Å². The molecule has 0 amide bonds. The molecule has 4 aromatic rings. The van der Waals surface area contributed by atoms with Gasteiger partial charge < -0.3 is 0 Å². The van der Waals surface area contributed by atoms with Crippen LogP contribution in [0.25, 0.3) is 23.1 Å². The van der Waals surface area contributed by atoms with Gasteiger partial charge in [0.2, 0.25) is 0 Å². The van der Waals surface area contributed by atoms with Crippen LogP contribution >= 0.6 is 22.6 Å². The first kappa shape index (κ1) is 19.5. The Bertz CT molecular complexity index is 1250. The third kappa shape index (κ3) is 4.45. The lowest BCUT2D eigenvalue weighted by molar-refractivity contribution is 0.625. The second-order valence-electron chi connectivity index (χ2n) is 6.68. The molecule has 3 aromatic carbocycles. The Morgan fingerprint density at radius 3 is 2.52 bits per heavy atom. The van der Waals surface area contributed by atoms with Gasteiger partial charge in [-0.15, -0.1) is 0 Å². The molecule has 0 aliphatic rings. The van der Waals surface area contributed by atoms with Crippen molar-refractivity contribution < 1.29 is 4.39 Å². The van der Waals surface area contributed by atoms with E-state index in [0.29, 0.717) is 35.3 Å². The van der Waals surface area contributed by atoms with Crippen molar-refractivity contribution in [2.75, 3.05) is 0 Å². The second kappa shape index (κ2) is 8.69. The second-order valence-corrected chi connectivity index (χ2v) is 7.92. The van der Waals surface area contributed by atoms with E-state index in [4.69, 9.17) is 0 Å². The van der Waals surface area contributed by atoms with Crippen molar-refractivity contribution in [3.05, 3.63) is 109 Å². The summed E-state index contributed by atoms with van der Waals surface area (Å²) in [6, 6.07) is 22.2. The number of nitrogens with zero attached hydrogens (tertiary/aromatic N) is 2. The molecule has 0 aliphatic heterocycles. The van der Waals surface area contributed by atoms with Gasteiger partial charge in [-0.05, 0) is 71.0 Å². The number of hydrogen-bond donors (Lipinski definition) is 0. The Kier molecular flexibility index (Phi) is 5.85. The lowest BCUT2D eigenvalue weighted by Gasteiger charge is -2.12. The molecule has 1 aromatic heterocycles. The van der Waals surface area contributed by atoms with Crippen LogP contribution in [0.4, 0.5) is 4.39 Å². The molecule has 0 saturated carbocycles. The average molecular weight is 496 g/mol. The number of fused-ring (bicyclic) bond motifs is 1. The maximum atomic E-state index is 14.0. The fourth-order valence-electron chi connectivity index (χ4n) is 3.21. The minimum absolute atomic E-state index is 0.0855. The Morgan fingerprint density at radius 1 is 0.966 bits per heavy atom. The highest BCUT2D eigenvalue weighted by Gasteiger charge is 2.10. The number of rotatable bonds is 5. The summed E-state index contributed by atoms with van der Waals surface area (Å²) >= 11 is 2.19. The third-order valence-corrected chi connectivity index (χ3v) is 5.40. The van der Waals surface area contributed by atoms with Crippen molar-refractivity contribution in [2.24, 2.45) is 0 Å². The largest absolute Gasteiger partial charge is 0.292 e. The van der Waals surface area contributed by atoms with Crippen molar-refractivity contribution in [3.8, 4) is 0 Å². The minimum Gasteiger partial charge on any atom is -0.292 e. The number of aryl methyl sites for hydroxylation is 1. The van der Waals surface area contributed by atoms with Crippen molar-refractivity contribution in [3.63, 3.8) is 0 Å². The van der Waals surface area contributed by atoms with Crippen LogP contribution in [0.2, 0.25) is 0 Å².